The van der Waals surface area contributed by atoms with Crippen molar-refractivity contribution in [3.05, 3.63) is 88.4 Å². The van der Waals surface area contributed by atoms with E-state index in [0.29, 0.717) is 40.3 Å². The monoisotopic (exact) mass is 460 g/mol. The summed E-state index contributed by atoms with van der Waals surface area (Å²) in [5.41, 5.74) is 0.653. The highest BCUT2D eigenvalue weighted by molar-refractivity contribution is 6.30. The number of halogens is 2. The smallest absolute Gasteiger partial charge is 0.351 e. The van der Waals surface area contributed by atoms with Crippen LogP contribution in [0.3, 0.4) is 0 Å². The molecule has 7 heteroatoms. The highest BCUT2D eigenvalue weighted by Crippen LogP contribution is 2.26. The zero-order chi connectivity index (χ0) is 22.1. The Balaban J connectivity index is 1.51. The number of methoxy groups -OCH3 is 1. The van der Waals surface area contributed by atoms with Gasteiger partial charge >= 0.3 is 5.97 Å². The Morgan fingerprint density at radius 1 is 0.742 bits per heavy atom. The fraction of sp³-hybridized carbons (Fsp3) is 0.208. The Kier molecular flexibility index (Phi) is 8.44. The number of ether oxygens (including phenoxy) is 4. The Hall–Kier alpha value is -2.89. The highest BCUT2D eigenvalue weighted by Gasteiger charge is 2.23. The van der Waals surface area contributed by atoms with E-state index in [-0.39, 0.29) is 0 Å². The van der Waals surface area contributed by atoms with Gasteiger partial charge in [0.25, 0.3) is 0 Å². The number of hydrogen-bond donors (Lipinski definition) is 0. The van der Waals surface area contributed by atoms with Gasteiger partial charge < -0.3 is 18.9 Å². The van der Waals surface area contributed by atoms with Gasteiger partial charge in [-0.15, -0.1) is 0 Å². The molecule has 0 saturated heterocycles. The third-order valence-electron chi connectivity index (χ3n) is 4.31. The molecule has 0 aliphatic heterocycles. The summed E-state index contributed by atoms with van der Waals surface area (Å²) in [7, 11) is 1.32. The highest BCUT2D eigenvalue weighted by atomic mass is 35.5. The lowest BCUT2D eigenvalue weighted by Crippen LogP contribution is -2.20. The SMILES string of the molecule is COC(=O)C(Oc1ccc(Cl)cc1)c1ccc(OCCCOc2ccc(Cl)cc2)cc1. The molecular weight excluding hydrogens is 439 g/mol. The van der Waals surface area contributed by atoms with E-state index in [1.54, 1.807) is 60.7 Å². The lowest BCUT2D eigenvalue weighted by molar-refractivity contribution is -0.149. The standard InChI is InChI=1S/C24H22Cl2O5/c1-28-24(27)23(31-22-13-7-19(26)8-14-22)17-3-9-20(10-4-17)29-15-2-16-30-21-11-5-18(25)6-12-21/h3-14,23H,2,15-16H2,1H3. The second-order valence-electron chi connectivity index (χ2n) is 6.55. The molecular formula is C24H22Cl2O5. The molecule has 0 N–H and O–H groups in total. The zero-order valence-electron chi connectivity index (χ0n) is 16.9. The fourth-order valence-electron chi connectivity index (χ4n) is 2.72. The van der Waals surface area contributed by atoms with Crippen molar-refractivity contribution in [3.8, 4) is 17.2 Å². The molecule has 1 unspecified atom stereocenters. The number of carbonyl (C=O) groups is 1. The summed E-state index contributed by atoms with van der Waals surface area (Å²) in [5.74, 6) is 1.47. The first-order chi connectivity index (χ1) is 15.0. The van der Waals surface area contributed by atoms with Crippen LogP contribution < -0.4 is 14.2 Å². The maximum atomic E-state index is 12.2. The molecule has 3 aromatic rings. The molecule has 3 rings (SSSR count). The average molecular weight is 461 g/mol. The quantitative estimate of drug-likeness (QED) is 0.268. The maximum Gasteiger partial charge on any atom is 0.351 e. The average Bonchev–Trinajstić information content (AvgIpc) is 2.80. The van der Waals surface area contributed by atoms with Crippen LogP contribution in [0.5, 0.6) is 17.2 Å². The number of carbonyl (C=O) groups excluding carboxylic acids is 1. The van der Waals surface area contributed by atoms with Crippen LogP contribution in [0.4, 0.5) is 0 Å². The minimum atomic E-state index is -0.895. The van der Waals surface area contributed by atoms with Gasteiger partial charge in [0.05, 0.1) is 20.3 Å². The molecule has 0 heterocycles. The van der Waals surface area contributed by atoms with Gasteiger partial charge in [-0.1, -0.05) is 35.3 Å². The van der Waals surface area contributed by atoms with Crippen LogP contribution in [-0.4, -0.2) is 26.3 Å². The summed E-state index contributed by atoms with van der Waals surface area (Å²) in [6.07, 6.45) is -0.178. The van der Waals surface area contributed by atoms with E-state index >= 15 is 0 Å². The molecule has 0 radical (unpaired) electrons. The molecule has 3 aromatic carbocycles. The van der Waals surface area contributed by atoms with Crippen LogP contribution in [-0.2, 0) is 9.53 Å². The predicted octanol–water partition coefficient (Wildman–Crippen LogP) is 6.13. The first-order valence-corrected chi connectivity index (χ1v) is 10.4. The number of benzene rings is 3. The van der Waals surface area contributed by atoms with Gasteiger partial charge in [0.15, 0.2) is 0 Å². The largest absolute Gasteiger partial charge is 0.493 e. The van der Waals surface area contributed by atoms with Crippen LogP contribution in [0, 0.1) is 0 Å². The Morgan fingerprint density at radius 3 is 1.68 bits per heavy atom. The summed E-state index contributed by atoms with van der Waals surface area (Å²) >= 11 is 11.7. The van der Waals surface area contributed by atoms with Gasteiger partial charge in [-0.2, -0.15) is 0 Å². The van der Waals surface area contributed by atoms with E-state index in [1.165, 1.54) is 7.11 Å². The first-order valence-electron chi connectivity index (χ1n) is 9.66. The van der Waals surface area contributed by atoms with Crippen LogP contribution >= 0.6 is 23.2 Å². The normalized spacial score (nSPS) is 11.5. The van der Waals surface area contributed by atoms with E-state index in [2.05, 4.69) is 0 Å². The van der Waals surface area contributed by atoms with Gasteiger partial charge in [0.1, 0.15) is 17.2 Å². The van der Waals surface area contributed by atoms with E-state index in [0.717, 1.165) is 12.2 Å². The van der Waals surface area contributed by atoms with Gasteiger partial charge in [-0.05, 0) is 60.7 Å². The van der Waals surface area contributed by atoms with Gasteiger partial charge in [-0.3, -0.25) is 0 Å². The molecule has 0 aromatic heterocycles. The van der Waals surface area contributed by atoms with E-state index in [4.69, 9.17) is 42.1 Å². The number of esters is 1. The third-order valence-corrected chi connectivity index (χ3v) is 4.81. The lowest BCUT2D eigenvalue weighted by Gasteiger charge is -2.18. The molecule has 0 aliphatic carbocycles. The third kappa shape index (κ3) is 7.09. The van der Waals surface area contributed by atoms with Crippen molar-refractivity contribution in [2.45, 2.75) is 12.5 Å². The maximum absolute atomic E-state index is 12.2. The summed E-state index contributed by atoms with van der Waals surface area (Å²) in [4.78, 5) is 12.2. The van der Waals surface area contributed by atoms with Crippen LogP contribution in [0.25, 0.3) is 0 Å². The molecule has 0 spiro atoms. The molecule has 5 nitrogen and oxygen atoms in total. The van der Waals surface area contributed by atoms with Crippen LogP contribution in [0.1, 0.15) is 18.1 Å². The van der Waals surface area contributed by atoms with Crippen molar-refractivity contribution in [3.63, 3.8) is 0 Å². The van der Waals surface area contributed by atoms with Gasteiger partial charge in [0.2, 0.25) is 6.10 Å². The van der Waals surface area contributed by atoms with Gasteiger partial charge in [0, 0.05) is 22.0 Å². The topological polar surface area (TPSA) is 54.0 Å². The summed E-state index contributed by atoms with van der Waals surface area (Å²) in [6, 6.07) is 21.1. The molecule has 0 saturated carbocycles. The van der Waals surface area contributed by atoms with E-state index in [1.807, 2.05) is 12.1 Å². The van der Waals surface area contributed by atoms with E-state index in [9.17, 15) is 4.79 Å². The number of rotatable bonds is 10. The minimum Gasteiger partial charge on any atom is -0.493 e. The van der Waals surface area contributed by atoms with Crippen molar-refractivity contribution in [1.82, 2.24) is 0 Å². The van der Waals surface area contributed by atoms with Crippen molar-refractivity contribution in [2.24, 2.45) is 0 Å². The van der Waals surface area contributed by atoms with Crippen molar-refractivity contribution in [1.29, 1.82) is 0 Å². The fourth-order valence-corrected chi connectivity index (χ4v) is 2.97. The Labute approximate surface area is 191 Å². The molecule has 0 amide bonds. The summed E-state index contributed by atoms with van der Waals surface area (Å²) in [5, 5.41) is 1.26. The second-order valence-corrected chi connectivity index (χ2v) is 7.42. The molecule has 31 heavy (non-hydrogen) atoms. The molecule has 0 fully saturated rings. The Morgan fingerprint density at radius 2 is 1.19 bits per heavy atom. The second kappa shape index (κ2) is 11.5. The van der Waals surface area contributed by atoms with Crippen molar-refractivity contribution >= 4 is 29.2 Å². The predicted molar refractivity (Wildman–Crippen MR) is 120 cm³/mol. The summed E-state index contributed by atoms with van der Waals surface area (Å²) in [6.45, 7) is 1.02. The zero-order valence-corrected chi connectivity index (χ0v) is 18.4. The van der Waals surface area contributed by atoms with Crippen LogP contribution in [0.2, 0.25) is 10.0 Å². The first kappa shape index (κ1) is 22.8. The molecule has 162 valence electrons. The number of hydrogen-bond acceptors (Lipinski definition) is 5. The molecule has 0 aliphatic rings. The Bertz CT molecular complexity index is 957. The minimum absolute atomic E-state index is 0.495. The van der Waals surface area contributed by atoms with Crippen molar-refractivity contribution < 1.29 is 23.7 Å². The molecule has 0 bridgehead atoms. The lowest BCUT2D eigenvalue weighted by atomic mass is 10.1. The van der Waals surface area contributed by atoms with Crippen LogP contribution in [0.15, 0.2) is 72.8 Å². The molecule has 1 atom stereocenters. The summed E-state index contributed by atoms with van der Waals surface area (Å²) < 4.78 is 22.1. The van der Waals surface area contributed by atoms with Crippen molar-refractivity contribution in [2.75, 3.05) is 20.3 Å². The van der Waals surface area contributed by atoms with E-state index < -0.39 is 12.1 Å². The van der Waals surface area contributed by atoms with Gasteiger partial charge in [-0.25, -0.2) is 4.79 Å².